The number of rotatable bonds is 6. The first-order chi connectivity index (χ1) is 15.4. The molecular formula is C25H34N4O3. The molecule has 4 rings (SSSR count). The van der Waals surface area contributed by atoms with Gasteiger partial charge in [0.05, 0.1) is 12.7 Å². The highest BCUT2D eigenvalue weighted by atomic mass is 16.5. The highest BCUT2D eigenvalue weighted by Crippen LogP contribution is 2.29. The number of piperazine rings is 1. The van der Waals surface area contributed by atoms with Gasteiger partial charge in [0.25, 0.3) is 0 Å². The van der Waals surface area contributed by atoms with Gasteiger partial charge in [0.2, 0.25) is 5.91 Å². The van der Waals surface area contributed by atoms with Crippen molar-refractivity contribution in [3.05, 3.63) is 54.1 Å². The van der Waals surface area contributed by atoms with Gasteiger partial charge in [-0.25, -0.2) is 0 Å². The molecule has 2 heterocycles. The minimum atomic E-state index is -0.809. The molecule has 2 aromatic carbocycles. The number of ether oxygens (including phenoxy) is 1. The molecule has 172 valence electrons. The highest BCUT2D eigenvalue weighted by Gasteiger charge is 2.39. The highest BCUT2D eigenvalue weighted by molar-refractivity contribution is 5.81. The number of carbonyl (C=O) groups is 1. The third kappa shape index (κ3) is 5.00. The number of nitrogens with zero attached hydrogens (tertiary/aromatic N) is 3. The number of anilines is 2. The molecule has 7 nitrogen and oxygen atoms in total. The maximum absolute atomic E-state index is 12.3. The minimum Gasteiger partial charge on any atom is -0.497 e. The summed E-state index contributed by atoms with van der Waals surface area (Å²) in [6.45, 7) is 6.15. The Kier molecular flexibility index (Phi) is 6.58. The molecule has 1 unspecified atom stereocenters. The average Bonchev–Trinajstić information content (AvgIpc) is 2.79. The fourth-order valence-corrected chi connectivity index (χ4v) is 4.85. The zero-order valence-corrected chi connectivity index (χ0v) is 19.0. The lowest BCUT2D eigenvalue weighted by molar-refractivity contribution is -0.125. The number of hydrogen-bond acceptors (Lipinski definition) is 6. The molecule has 0 aliphatic carbocycles. The lowest BCUT2D eigenvalue weighted by Gasteiger charge is -2.46. The molecule has 0 spiro atoms. The number of piperidine rings is 1. The summed E-state index contributed by atoms with van der Waals surface area (Å²) in [6.07, 6.45) is 1.34. The Morgan fingerprint density at radius 3 is 2.41 bits per heavy atom. The van der Waals surface area contributed by atoms with Gasteiger partial charge in [-0.15, -0.1) is 0 Å². The number of β-amino-alcohol motifs (C(OH)–C–C–N with tert-alkyl or cyclic N) is 1. The summed E-state index contributed by atoms with van der Waals surface area (Å²) in [4.78, 5) is 18.9. The van der Waals surface area contributed by atoms with Gasteiger partial charge >= 0.3 is 0 Å². The fourth-order valence-electron chi connectivity index (χ4n) is 4.85. The SMILES string of the molecule is COc1ccc(N2CCN(CC3(O)CCN(c4cccc(C)c4)CC3)C(C(N)=O)C2)cc1. The molecule has 2 fully saturated rings. The monoisotopic (exact) mass is 438 g/mol. The number of primary amides is 1. The van der Waals surface area contributed by atoms with Gasteiger partial charge in [-0.3, -0.25) is 9.69 Å². The molecule has 2 aliphatic rings. The van der Waals surface area contributed by atoms with Crippen LogP contribution in [0.2, 0.25) is 0 Å². The molecule has 7 heteroatoms. The largest absolute Gasteiger partial charge is 0.497 e. The molecule has 0 saturated carbocycles. The van der Waals surface area contributed by atoms with Gasteiger partial charge < -0.3 is 25.4 Å². The average molecular weight is 439 g/mol. The molecule has 0 bridgehead atoms. The molecule has 0 aromatic heterocycles. The van der Waals surface area contributed by atoms with Gasteiger partial charge in [-0.1, -0.05) is 12.1 Å². The summed E-state index contributed by atoms with van der Waals surface area (Å²) in [5.74, 6) is 0.460. The van der Waals surface area contributed by atoms with Crippen LogP contribution in [0, 0.1) is 6.92 Å². The molecule has 2 aromatic rings. The molecule has 0 radical (unpaired) electrons. The van der Waals surface area contributed by atoms with Crippen LogP contribution in [0.25, 0.3) is 0 Å². The standard InChI is InChI=1S/C25H34N4O3/c1-19-4-3-5-21(16-19)27-12-10-25(31,11-13-27)18-29-15-14-28(17-23(29)24(26)30)20-6-8-22(32-2)9-7-20/h3-9,16,23,31H,10-15,17-18H2,1-2H3,(H2,26,30). The Morgan fingerprint density at radius 1 is 1.06 bits per heavy atom. The van der Waals surface area contributed by atoms with Crippen molar-refractivity contribution in [1.82, 2.24) is 4.90 Å². The van der Waals surface area contributed by atoms with Crippen molar-refractivity contribution in [3.8, 4) is 5.75 Å². The van der Waals surface area contributed by atoms with Crippen LogP contribution in [0.5, 0.6) is 5.75 Å². The molecule has 1 amide bonds. The van der Waals surface area contributed by atoms with E-state index in [1.54, 1.807) is 7.11 Å². The Hall–Kier alpha value is -2.77. The van der Waals surface area contributed by atoms with E-state index in [1.807, 2.05) is 24.3 Å². The lowest BCUT2D eigenvalue weighted by atomic mass is 9.89. The van der Waals surface area contributed by atoms with Crippen molar-refractivity contribution in [2.75, 3.05) is 56.2 Å². The van der Waals surface area contributed by atoms with Gasteiger partial charge in [-0.2, -0.15) is 0 Å². The van der Waals surface area contributed by atoms with Crippen molar-refractivity contribution >= 4 is 17.3 Å². The number of hydrogen-bond donors (Lipinski definition) is 2. The Bertz CT molecular complexity index is 925. The summed E-state index contributed by atoms with van der Waals surface area (Å²) in [5, 5.41) is 11.3. The molecule has 2 saturated heterocycles. The van der Waals surface area contributed by atoms with Gasteiger partial charge in [0, 0.05) is 50.6 Å². The smallest absolute Gasteiger partial charge is 0.236 e. The van der Waals surface area contributed by atoms with Gasteiger partial charge in [0.1, 0.15) is 11.8 Å². The molecule has 1 atom stereocenters. The van der Waals surface area contributed by atoms with E-state index in [-0.39, 0.29) is 5.91 Å². The van der Waals surface area contributed by atoms with Gasteiger partial charge in [0.15, 0.2) is 0 Å². The second kappa shape index (κ2) is 9.38. The first kappa shape index (κ1) is 22.4. The Morgan fingerprint density at radius 2 is 1.78 bits per heavy atom. The Labute approximate surface area is 190 Å². The third-order valence-corrected chi connectivity index (χ3v) is 6.82. The topological polar surface area (TPSA) is 82.3 Å². The van der Waals surface area contributed by atoms with E-state index < -0.39 is 11.6 Å². The van der Waals surface area contributed by atoms with Gasteiger partial charge in [-0.05, 0) is 61.7 Å². The lowest BCUT2D eigenvalue weighted by Crippen LogP contribution is -2.62. The van der Waals surface area contributed by atoms with Crippen molar-refractivity contribution < 1.29 is 14.6 Å². The van der Waals surface area contributed by atoms with E-state index in [4.69, 9.17) is 10.5 Å². The summed E-state index contributed by atoms with van der Waals surface area (Å²) in [6, 6.07) is 15.9. The van der Waals surface area contributed by atoms with Crippen LogP contribution in [0.4, 0.5) is 11.4 Å². The quantitative estimate of drug-likeness (QED) is 0.718. The predicted molar refractivity (Wildman–Crippen MR) is 127 cm³/mol. The molecule has 3 N–H and O–H groups in total. The number of carbonyl (C=O) groups excluding carboxylic acids is 1. The van der Waals surface area contributed by atoms with Crippen LogP contribution >= 0.6 is 0 Å². The first-order valence-corrected chi connectivity index (χ1v) is 11.3. The summed E-state index contributed by atoms with van der Waals surface area (Å²) >= 11 is 0. The maximum atomic E-state index is 12.3. The number of amides is 1. The summed E-state index contributed by atoms with van der Waals surface area (Å²) < 4.78 is 5.24. The Balaban J connectivity index is 1.38. The van der Waals surface area contributed by atoms with Crippen LogP contribution in [0.1, 0.15) is 18.4 Å². The third-order valence-electron chi connectivity index (χ3n) is 6.82. The normalized spacial score (nSPS) is 21.4. The van der Waals surface area contributed by atoms with E-state index in [0.717, 1.165) is 31.1 Å². The number of nitrogens with two attached hydrogens (primary N) is 1. The van der Waals surface area contributed by atoms with E-state index in [2.05, 4.69) is 45.9 Å². The molecule has 2 aliphatic heterocycles. The van der Waals surface area contributed by atoms with Crippen molar-refractivity contribution in [1.29, 1.82) is 0 Å². The zero-order chi connectivity index (χ0) is 22.7. The van der Waals surface area contributed by atoms with Crippen LogP contribution in [0.15, 0.2) is 48.5 Å². The minimum absolute atomic E-state index is 0.344. The van der Waals surface area contributed by atoms with Crippen LogP contribution in [0.3, 0.4) is 0 Å². The van der Waals surface area contributed by atoms with E-state index in [1.165, 1.54) is 11.3 Å². The number of methoxy groups -OCH3 is 1. The molecular weight excluding hydrogens is 404 g/mol. The van der Waals surface area contributed by atoms with Crippen LogP contribution in [-0.4, -0.2) is 73.9 Å². The number of aryl methyl sites for hydroxylation is 1. The second-order valence-electron chi connectivity index (χ2n) is 9.08. The zero-order valence-electron chi connectivity index (χ0n) is 19.0. The second-order valence-corrected chi connectivity index (χ2v) is 9.08. The molecule has 32 heavy (non-hydrogen) atoms. The van der Waals surface area contributed by atoms with Crippen LogP contribution in [-0.2, 0) is 4.79 Å². The predicted octanol–water partition coefficient (Wildman–Crippen LogP) is 2.01. The van der Waals surface area contributed by atoms with Crippen LogP contribution < -0.4 is 20.3 Å². The van der Waals surface area contributed by atoms with E-state index in [9.17, 15) is 9.90 Å². The van der Waals surface area contributed by atoms with Crippen molar-refractivity contribution in [3.63, 3.8) is 0 Å². The van der Waals surface area contributed by atoms with Crippen molar-refractivity contribution in [2.45, 2.75) is 31.4 Å². The maximum Gasteiger partial charge on any atom is 0.236 e. The van der Waals surface area contributed by atoms with Crippen molar-refractivity contribution in [2.24, 2.45) is 5.73 Å². The number of benzene rings is 2. The number of aliphatic hydroxyl groups is 1. The summed E-state index contributed by atoms with van der Waals surface area (Å²) in [5.41, 5.74) is 8.46. The van der Waals surface area contributed by atoms with E-state index >= 15 is 0 Å². The summed E-state index contributed by atoms with van der Waals surface area (Å²) in [7, 11) is 1.65. The first-order valence-electron chi connectivity index (χ1n) is 11.3. The van der Waals surface area contributed by atoms with E-state index in [0.29, 0.717) is 32.5 Å². The fraction of sp³-hybridized carbons (Fsp3) is 0.480.